The van der Waals surface area contributed by atoms with Crippen molar-refractivity contribution in [3.63, 3.8) is 0 Å². The van der Waals surface area contributed by atoms with Gasteiger partial charge in [-0.25, -0.2) is 0 Å². The zero-order chi connectivity index (χ0) is 16.9. The van der Waals surface area contributed by atoms with Crippen molar-refractivity contribution in [2.75, 3.05) is 32.9 Å². The summed E-state index contributed by atoms with van der Waals surface area (Å²) in [6, 6.07) is 10.7. The van der Waals surface area contributed by atoms with Crippen molar-refractivity contribution in [3.8, 4) is 5.75 Å². The second-order valence-corrected chi connectivity index (χ2v) is 6.92. The summed E-state index contributed by atoms with van der Waals surface area (Å²) in [5.74, 6) is 1.70. The van der Waals surface area contributed by atoms with Crippen molar-refractivity contribution >= 4 is 0 Å². The third-order valence-corrected chi connectivity index (χ3v) is 5.34. The van der Waals surface area contributed by atoms with Crippen LogP contribution in [0.5, 0.6) is 5.75 Å². The lowest BCUT2D eigenvalue weighted by atomic mass is 9.93. The first-order valence-electron chi connectivity index (χ1n) is 9.15. The van der Waals surface area contributed by atoms with Crippen molar-refractivity contribution < 1.29 is 9.47 Å². The van der Waals surface area contributed by atoms with E-state index < -0.39 is 0 Å². The van der Waals surface area contributed by atoms with Crippen LogP contribution in [0.3, 0.4) is 0 Å². The molecule has 5 heteroatoms. The highest BCUT2D eigenvalue weighted by atomic mass is 16.5. The Bertz CT molecular complexity index is 647. The second kappa shape index (κ2) is 7.93. The van der Waals surface area contributed by atoms with Gasteiger partial charge in [-0.15, -0.1) is 0 Å². The summed E-state index contributed by atoms with van der Waals surface area (Å²) in [6.07, 6.45) is 7.70. The Morgan fingerprint density at radius 3 is 2.76 bits per heavy atom. The van der Waals surface area contributed by atoms with Crippen molar-refractivity contribution in [2.45, 2.75) is 24.8 Å². The zero-order valence-corrected chi connectivity index (χ0v) is 14.5. The molecule has 0 bridgehead atoms. The Balaban J connectivity index is 1.47. The molecule has 2 saturated heterocycles. The number of hydrogen-bond donors (Lipinski definition) is 0. The van der Waals surface area contributed by atoms with Gasteiger partial charge >= 0.3 is 0 Å². The van der Waals surface area contributed by atoms with Crippen LogP contribution in [0.1, 0.15) is 24.5 Å². The van der Waals surface area contributed by atoms with Crippen LogP contribution >= 0.6 is 0 Å². The van der Waals surface area contributed by atoms with Gasteiger partial charge in [-0.1, -0.05) is 6.07 Å². The second-order valence-electron chi connectivity index (χ2n) is 6.92. The molecule has 2 aromatic rings. The molecule has 0 aliphatic carbocycles. The first kappa shape index (κ1) is 16.5. The highest BCUT2D eigenvalue weighted by molar-refractivity contribution is 5.17. The van der Waals surface area contributed by atoms with Gasteiger partial charge in [-0.3, -0.25) is 14.9 Å². The molecule has 0 unspecified atom stereocenters. The van der Waals surface area contributed by atoms with Gasteiger partial charge in [0.15, 0.2) is 0 Å². The topological polar surface area (TPSA) is 47.5 Å². The minimum absolute atomic E-state index is 0.417. The van der Waals surface area contributed by atoms with Crippen molar-refractivity contribution in [1.82, 2.24) is 14.9 Å². The normalized spacial score (nSPS) is 25.1. The van der Waals surface area contributed by atoms with Crippen LogP contribution < -0.4 is 4.74 Å². The maximum atomic E-state index is 6.04. The van der Waals surface area contributed by atoms with E-state index in [1.165, 1.54) is 5.69 Å². The molecule has 25 heavy (non-hydrogen) atoms. The molecule has 0 saturated carbocycles. The van der Waals surface area contributed by atoms with Gasteiger partial charge < -0.3 is 9.47 Å². The Labute approximate surface area is 149 Å². The third kappa shape index (κ3) is 3.99. The number of nitrogens with zero attached hydrogens (tertiary/aromatic N) is 3. The predicted molar refractivity (Wildman–Crippen MR) is 95.6 cm³/mol. The van der Waals surface area contributed by atoms with Crippen LogP contribution in [0.2, 0.25) is 0 Å². The average Bonchev–Trinajstić information content (AvgIpc) is 3.13. The molecule has 2 aromatic heterocycles. The summed E-state index contributed by atoms with van der Waals surface area (Å²) < 4.78 is 11.6. The summed E-state index contributed by atoms with van der Waals surface area (Å²) in [7, 11) is 0. The van der Waals surface area contributed by atoms with E-state index in [1.54, 1.807) is 12.4 Å². The SMILES string of the molecule is c1ccc([C@@H]2CN(C3CCOCC3)C[C@H]2COc2cccnc2)nc1. The lowest BCUT2D eigenvalue weighted by molar-refractivity contribution is 0.0402. The number of ether oxygens (including phenoxy) is 2. The standard InChI is InChI=1S/C20H25N3O2/c1-2-9-22-20(5-1)19-14-23(17-6-10-24-11-7-17)13-16(19)15-25-18-4-3-8-21-12-18/h1-5,8-9,12,16-17,19H,6-7,10-11,13-15H2/t16-,19+/m0/s1. The fourth-order valence-corrected chi connectivity index (χ4v) is 3.99. The number of aromatic nitrogens is 2. The van der Waals surface area contributed by atoms with E-state index in [0.29, 0.717) is 24.5 Å². The molecule has 0 amide bonds. The highest BCUT2D eigenvalue weighted by Crippen LogP contribution is 2.34. The Kier molecular flexibility index (Phi) is 5.23. The molecular weight excluding hydrogens is 314 g/mol. The number of rotatable bonds is 5. The number of pyridine rings is 2. The average molecular weight is 339 g/mol. The van der Waals surface area contributed by atoms with E-state index in [9.17, 15) is 0 Å². The molecular formula is C20H25N3O2. The largest absolute Gasteiger partial charge is 0.492 e. The summed E-state index contributed by atoms with van der Waals surface area (Å²) in [4.78, 5) is 11.4. The molecule has 0 N–H and O–H groups in total. The Morgan fingerprint density at radius 2 is 2.00 bits per heavy atom. The molecule has 2 aliphatic rings. The van der Waals surface area contributed by atoms with Gasteiger partial charge in [-0.2, -0.15) is 0 Å². The van der Waals surface area contributed by atoms with Gasteiger partial charge in [0, 0.05) is 62.3 Å². The quantitative estimate of drug-likeness (QED) is 0.838. The van der Waals surface area contributed by atoms with Gasteiger partial charge in [0.25, 0.3) is 0 Å². The van der Waals surface area contributed by atoms with Crippen LogP contribution in [-0.2, 0) is 4.74 Å². The van der Waals surface area contributed by atoms with Crippen LogP contribution in [0.25, 0.3) is 0 Å². The van der Waals surface area contributed by atoms with E-state index in [0.717, 1.165) is 44.9 Å². The lowest BCUT2D eigenvalue weighted by Gasteiger charge is -2.31. The third-order valence-electron chi connectivity index (χ3n) is 5.34. The summed E-state index contributed by atoms with van der Waals surface area (Å²) in [6.45, 7) is 4.58. The minimum atomic E-state index is 0.417. The molecule has 0 aromatic carbocycles. The first-order valence-corrected chi connectivity index (χ1v) is 9.15. The van der Waals surface area contributed by atoms with Crippen LogP contribution in [0.15, 0.2) is 48.9 Å². The first-order chi connectivity index (χ1) is 12.4. The molecule has 2 fully saturated rings. The molecule has 2 aliphatic heterocycles. The molecule has 4 heterocycles. The van der Waals surface area contributed by atoms with Crippen LogP contribution in [-0.4, -0.2) is 53.8 Å². The van der Waals surface area contributed by atoms with E-state index in [1.807, 2.05) is 24.4 Å². The lowest BCUT2D eigenvalue weighted by Crippen LogP contribution is -2.38. The fraction of sp³-hybridized carbons (Fsp3) is 0.500. The van der Waals surface area contributed by atoms with Gasteiger partial charge in [0.1, 0.15) is 5.75 Å². The van der Waals surface area contributed by atoms with Gasteiger partial charge in [-0.05, 0) is 37.1 Å². The maximum Gasteiger partial charge on any atom is 0.137 e. The van der Waals surface area contributed by atoms with Crippen LogP contribution in [0.4, 0.5) is 0 Å². The molecule has 4 rings (SSSR count). The molecule has 5 nitrogen and oxygen atoms in total. The summed E-state index contributed by atoms with van der Waals surface area (Å²) in [5, 5.41) is 0. The van der Waals surface area contributed by atoms with E-state index in [4.69, 9.17) is 9.47 Å². The van der Waals surface area contributed by atoms with Crippen molar-refractivity contribution in [1.29, 1.82) is 0 Å². The molecule has 0 radical (unpaired) electrons. The van der Waals surface area contributed by atoms with E-state index in [-0.39, 0.29) is 0 Å². The van der Waals surface area contributed by atoms with E-state index >= 15 is 0 Å². The minimum Gasteiger partial charge on any atom is -0.492 e. The van der Waals surface area contributed by atoms with E-state index in [2.05, 4.69) is 27.0 Å². The molecule has 132 valence electrons. The maximum absolute atomic E-state index is 6.04. The Hall–Kier alpha value is -1.98. The zero-order valence-electron chi connectivity index (χ0n) is 14.5. The van der Waals surface area contributed by atoms with Gasteiger partial charge in [0.2, 0.25) is 0 Å². The van der Waals surface area contributed by atoms with Crippen molar-refractivity contribution in [3.05, 3.63) is 54.6 Å². The smallest absolute Gasteiger partial charge is 0.137 e. The van der Waals surface area contributed by atoms with Gasteiger partial charge in [0.05, 0.1) is 12.8 Å². The highest BCUT2D eigenvalue weighted by Gasteiger charge is 2.38. The van der Waals surface area contributed by atoms with Crippen LogP contribution in [0, 0.1) is 5.92 Å². The number of likely N-dealkylation sites (tertiary alicyclic amines) is 1. The fourth-order valence-electron chi connectivity index (χ4n) is 3.99. The number of hydrogen-bond acceptors (Lipinski definition) is 5. The summed E-state index contributed by atoms with van der Waals surface area (Å²) in [5.41, 5.74) is 1.18. The molecule has 2 atom stereocenters. The summed E-state index contributed by atoms with van der Waals surface area (Å²) >= 11 is 0. The predicted octanol–water partition coefficient (Wildman–Crippen LogP) is 2.75. The monoisotopic (exact) mass is 339 g/mol. The Morgan fingerprint density at radius 1 is 1.08 bits per heavy atom. The van der Waals surface area contributed by atoms with Crippen molar-refractivity contribution in [2.24, 2.45) is 5.92 Å². The molecule has 0 spiro atoms.